The van der Waals surface area contributed by atoms with Crippen LogP contribution in [-0.4, -0.2) is 58.9 Å². The summed E-state index contributed by atoms with van der Waals surface area (Å²) in [5, 5.41) is 11.6. The van der Waals surface area contributed by atoms with Crippen LogP contribution in [0.5, 0.6) is 0 Å². The van der Waals surface area contributed by atoms with Crippen LogP contribution in [0.1, 0.15) is 5.56 Å². The van der Waals surface area contributed by atoms with Crippen molar-refractivity contribution in [2.75, 3.05) is 27.3 Å². The molecule has 20 heavy (non-hydrogen) atoms. The summed E-state index contributed by atoms with van der Waals surface area (Å²) < 4.78 is 0. The Hall–Kier alpha value is -1.73. The molecule has 2 rings (SSSR count). The molecule has 0 radical (unpaired) electrons. The van der Waals surface area contributed by atoms with Gasteiger partial charge >= 0.3 is 0 Å². The van der Waals surface area contributed by atoms with Crippen LogP contribution in [0, 0.1) is 10.1 Å². The summed E-state index contributed by atoms with van der Waals surface area (Å²) in [6.45, 7) is 1.36. The van der Waals surface area contributed by atoms with Crippen LogP contribution in [0.3, 0.4) is 0 Å². The molecule has 0 aromatic carbocycles. The van der Waals surface area contributed by atoms with Crippen molar-refractivity contribution < 1.29 is 4.92 Å². The second kappa shape index (κ2) is 6.15. The standard InChI is InChI=1S/C12H16ClN5O2/c1-16-7-10(18(19)20)12(17(2)8-16)15-6-9-3-4-11(13)14-5-9/h3-5,10H,6-8H2,1-2H3. The Labute approximate surface area is 122 Å². The number of pyridine rings is 1. The Morgan fingerprint density at radius 3 is 2.90 bits per heavy atom. The number of aromatic nitrogens is 1. The van der Waals surface area contributed by atoms with Gasteiger partial charge in [-0.3, -0.25) is 20.0 Å². The third kappa shape index (κ3) is 3.43. The van der Waals surface area contributed by atoms with Crippen LogP contribution in [-0.2, 0) is 6.54 Å². The van der Waals surface area contributed by atoms with Gasteiger partial charge in [-0.15, -0.1) is 0 Å². The number of aliphatic imine (C=N–C) groups is 1. The van der Waals surface area contributed by atoms with Gasteiger partial charge in [0.1, 0.15) is 5.15 Å². The summed E-state index contributed by atoms with van der Waals surface area (Å²) in [5.41, 5.74) is 0.872. The molecule has 1 saturated heterocycles. The van der Waals surface area contributed by atoms with Crippen molar-refractivity contribution in [2.24, 2.45) is 4.99 Å². The fourth-order valence-corrected chi connectivity index (χ4v) is 2.29. The van der Waals surface area contributed by atoms with Crippen molar-refractivity contribution in [1.82, 2.24) is 14.8 Å². The Morgan fingerprint density at radius 1 is 1.55 bits per heavy atom. The highest BCUT2D eigenvalue weighted by Gasteiger charge is 2.35. The third-order valence-corrected chi connectivity index (χ3v) is 3.32. The quantitative estimate of drug-likeness (QED) is 0.475. The van der Waals surface area contributed by atoms with Crippen LogP contribution in [0.2, 0.25) is 5.15 Å². The zero-order chi connectivity index (χ0) is 14.7. The number of hydrogen-bond acceptors (Lipinski definition) is 5. The number of nitro groups is 1. The van der Waals surface area contributed by atoms with Crippen molar-refractivity contribution in [3.8, 4) is 0 Å². The minimum Gasteiger partial charge on any atom is -0.345 e. The van der Waals surface area contributed by atoms with E-state index in [0.717, 1.165) is 5.56 Å². The van der Waals surface area contributed by atoms with Crippen LogP contribution in [0.25, 0.3) is 0 Å². The number of likely N-dealkylation sites (N-methyl/N-ethyl adjacent to an activating group) is 2. The molecule has 1 aromatic rings. The van der Waals surface area contributed by atoms with Crippen LogP contribution < -0.4 is 0 Å². The van der Waals surface area contributed by atoms with Gasteiger partial charge in [-0.2, -0.15) is 0 Å². The molecule has 1 aliphatic heterocycles. The van der Waals surface area contributed by atoms with Gasteiger partial charge in [0, 0.05) is 18.2 Å². The molecule has 1 unspecified atom stereocenters. The predicted molar refractivity (Wildman–Crippen MR) is 76.4 cm³/mol. The maximum Gasteiger partial charge on any atom is 0.281 e. The van der Waals surface area contributed by atoms with E-state index in [2.05, 4.69) is 9.98 Å². The summed E-state index contributed by atoms with van der Waals surface area (Å²) in [7, 11) is 3.66. The number of hydrogen-bond donors (Lipinski definition) is 0. The average molecular weight is 298 g/mol. The first-order valence-electron chi connectivity index (χ1n) is 6.15. The maximum absolute atomic E-state index is 11.2. The summed E-state index contributed by atoms with van der Waals surface area (Å²) in [6, 6.07) is 2.70. The van der Waals surface area contributed by atoms with Crippen molar-refractivity contribution >= 4 is 17.4 Å². The van der Waals surface area contributed by atoms with Gasteiger partial charge in [-0.1, -0.05) is 17.7 Å². The van der Waals surface area contributed by atoms with Crippen molar-refractivity contribution in [1.29, 1.82) is 0 Å². The lowest BCUT2D eigenvalue weighted by Crippen LogP contribution is -2.55. The van der Waals surface area contributed by atoms with E-state index in [1.807, 2.05) is 25.1 Å². The van der Waals surface area contributed by atoms with Crippen LogP contribution in [0.15, 0.2) is 23.3 Å². The number of rotatable bonds is 3. The molecule has 0 N–H and O–H groups in total. The van der Waals surface area contributed by atoms with Crippen LogP contribution in [0.4, 0.5) is 0 Å². The molecule has 7 nitrogen and oxygen atoms in total. The molecular formula is C12H16ClN5O2. The van der Waals surface area contributed by atoms with Gasteiger partial charge in [-0.05, 0) is 18.7 Å². The first kappa shape index (κ1) is 14.7. The van der Waals surface area contributed by atoms with E-state index in [9.17, 15) is 10.1 Å². The molecule has 1 fully saturated rings. The highest BCUT2D eigenvalue weighted by Crippen LogP contribution is 2.12. The zero-order valence-electron chi connectivity index (χ0n) is 11.4. The molecule has 1 aliphatic rings. The van der Waals surface area contributed by atoms with Gasteiger partial charge in [0.2, 0.25) is 0 Å². The summed E-state index contributed by atoms with van der Waals surface area (Å²) in [6.07, 6.45) is 1.63. The van der Waals surface area contributed by atoms with Crippen LogP contribution >= 0.6 is 11.6 Å². The Kier molecular flexibility index (Phi) is 4.51. The summed E-state index contributed by atoms with van der Waals surface area (Å²) >= 11 is 5.71. The molecule has 0 amide bonds. The molecule has 0 aliphatic carbocycles. The largest absolute Gasteiger partial charge is 0.345 e. The maximum atomic E-state index is 11.2. The second-order valence-electron chi connectivity index (χ2n) is 4.84. The molecule has 1 aromatic heterocycles. The molecular weight excluding hydrogens is 282 g/mol. The van der Waals surface area contributed by atoms with E-state index in [-0.39, 0.29) is 4.92 Å². The predicted octanol–water partition coefficient (Wildman–Crippen LogP) is 1.11. The molecule has 0 spiro atoms. The third-order valence-electron chi connectivity index (χ3n) is 3.09. The fourth-order valence-electron chi connectivity index (χ4n) is 2.18. The molecule has 2 heterocycles. The van der Waals surface area contributed by atoms with E-state index < -0.39 is 6.04 Å². The highest BCUT2D eigenvalue weighted by molar-refractivity contribution is 6.29. The van der Waals surface area contributed by atoms with Crippen molar-refractivity contribution in [3.05, 3.63) is 39.2 Å². The molecule has 1 atom stereocenters. The van der Waals surface area contributed by atoms with Crippen molar-refractivity contribution in [2.45, 2.75) is 12.6 Å². The Bertz CT molecular complexity index is 519. The van der Waals surface area contributed by atoms with E-state index in [4.69, 9.17) is 11.6 Å². The summed E-state index contributed by atoms with van der Waals surface area (Å²) in [4.78, 5) is 22.9. The van der Waals surface area contributed by atoms with E-state index >= 15 is 0 Å². The topological polar surface area (TPSA) is 74.9 Å². The molecule has 0 bridgehead atoms. The Morgan fingerprint density at radius 2 is 2.30 bits per heavy atom. The van der Waals surface area contributed by atoms with Gasteiger partial charge < -0.3 is 4.90 Å². The lowest BCUT2D eigenvalue weighted by molar-refractivity contribution is -0.506. The van der Waals surface area contributed by atoms with Gasteiger partial charge in [0.25, 0.3) is 6.04 Å². The summed E-state index contributed by atoms with van der Waals surface area (Å²) in [5.74, 6) is 0.503. The SMILES string of the molecule is CN1CC([N+](=O)[O-])C(=NCc2ccc(Cl)nc2)N(C)C1. The first-order chi connectivity index (χ1) is 9.47. The molecule has 8 heteroatoms. The molecule has 108 valence electrons. The number of halogens is 1. The van der Waals surface area contributed by atoms with Gasteiger partial charge in [0.05, 0.1) is 19.8 Å². The minimum atomic E-state index is -0.793. The zero-order valence-corrected chi connectivity index (χ0v) is 12.1. The normalized spacial score (nSPS) is 22.2. The average Bonchev–Trinajstić information content (AvgIpc) is 2.38. The van der Waals surface area contributed by atoms with E-state index in [1.54, 1.807) is 17.2 Å². The van der Waals surface area contributed by atoms with E-state index in [1.165, 1.54) is 0 Å². The fraction of sp³-hybridized carbons (Fsp3) is 0.500. The number of nitrogens with zero attached hydrogens (tertiary/aromatic N) is 5. The highest BCUT2D eigenvalue weighted by atomic mass is 35.5. The van der Waals surface area contributed by atoms with Gasteiger partial charge in [-0.25, -0.2) is 4.98 Å². The van der Waals surface area contributed by atoms with Crippen molar-refractivity contribution in [3.63, 3.8) is 0 Å². The lowest BCUT2D eigenvalue weighted by Gasteiger charge is -2.34. The van der Waals surface area contributed by atoms with E-state index in [0.29, 0.717) is 30.7 Å². The Balaban J connectivity index is 2.16. The number of amidine groups is 1. The lowest BCUT2D eigenvalue weighted by atomic mass is 10.2. The minimum absolute atomic E-state index is 0.287. The monoisotopic (exact) mass is 297 g/mol. The smallest absolute Gasteiger partial charge is 0.281 e. The second-order valence-corrected chi connectivity index (χ2v) is 5.23. The first-order valence-corrected chi connectivity index (χ1v) is 6.53. The molecule has 0 saturated carbocycles. The van der Waals surface area contributed by atoms with Gasteiger partial charge in [0.15, 0.2) is 5.84 Å².